The summed E-state index contributed by atoms with van der Waals surface area (Å²) in [5, 5.41) is 9.07. The van der Waals surface area contributed by atoms with E-state index in [1.807, 2.05) is 6.07 Å². The molecule has 0 saturated heterocycles. The highest BCUT2D eigenvalue weighted by atomic mass is 19.1. The first-order valence-electron chi connectivity index (χ1n) is 4.65. The van der Waals surface area contributed by atoms with Crippen LogP contribution in [0.2, 0.25) is 0 Å². The van der Waals surface area contributed by atoms with Crippen molar-refractivity contribution in [2.45, 2.75) is 6.04 Å². The van der Waals surface area contributed by atoms with Crippen molar-refractivity contribution in [1.82, 2.24) is 0 Å². The molecule has 0 aromatic heterocycles. The number of alkyl halides is 2. The predicted molar refractivity (Wildman–Crippen MR) is 55.7 cm³/mol. The molecule has 1 aromatic carbocycles. The second-order valence-electron chi connectivity index (χ2n) is 3.07. The molecule has 0 aliphatic rings. The number of nitrogens with zero attached hydrogens (tertiary/aromatic N) is 1. The largest absolute Gasteiger partial charge is 0.394 e. The summed E-state index contributed by atoms with van der Waals surface area (Å²) in [5.74, 6) is 0. The number of aliphatic imine (C=N–C) groups is 1. The topological polar surface area (TPSA) is 32.6 Å². The second kappa shape index (κ2) is 6.24. The molecule has 82 valence electrons. The van der Waals surface area contributed by atoms with Gasteiger partial charge >= 0.3 is 0 Å². The maximum atomic E-state index is 12.2. The van der Waals surface area contributed by atoms with Crippen molar-refractivity contribution in [3.8, 4) is 0 Å². The molecule has 1 aromatic rings. The first kappa shape index (κ1) is 11.8. The SMILES string of the molecule is OC[C@@H](N=C(CF)CF)c1ccccc1. The van der Waals surface area contributed by atoms with Crippen molar-refractivity contribution in [2.24, 2.45) is 4.99 Å². The van der Waals surface area contributed by atoms with Crippen LogP contribution in [-0.2, 0) is 0 Å². The number of hydrogen-bond acceptors (Lipinski definition) is 2. The van der Waals surface area contributed by atoms with E-state index in [4.69, 9.17) is 5.11 Å². The van der Waals surface area contributed by atoms with E-state index in [2.05, 4.69) is 4.99 Å². The van der Waals surface area contributed by atoms with Crippen molar-refractivity contribution in [3.63, 3.8) is 0 Å². The molecular weight excluding hydrogens is 200 g/mol. The molecule has 0 aliphatic heterocycles. The highest BCUT2D eigenvalue weighted by Crippen LogP contribution is 2.16. The molecule has 2 nitrogen and oxygen atoms in total. The quantitative estimate of drug-likeness (QED) is 0.746. The molecule has 1 rings (SSSR count). The van der Waals surface area contributed by atoms with Crippen molar-refractivity contribution in [1.29, 1.82) is 0 Å². The van der Waals surface area contributed by atoms with Crippen molar-refractivity contribution < 1.29 is 13.9 Å². The number of hydrogen-bond donors (Lipinski definition) is 1. The number of benzene rings is 1. The molecule has 1 atom stereocenters. The molecule has 0 bridgehead atoms. The monoisotopic (exact) mass is 213 g/mol. The van der Waals surface area contributed by atoms with Gasteiger partial charge in [0.2, 0.25) is 0 Å². The zero-order chi connectivity index (χ0) is 11.1. The highest BCUT2D eigenvalue weighted by molar-refractivity contribution is 5.86. The van der Waals surface area contributed by atoms with Gasteiger partial charge in [-0.1, -0.05) is 30.3 Å². The summed E-state index contributed by atoms with van der Waals surface area (Å²) in [6.45, 7) is -2.09. The van der Waals surface area contributed by atoms with Gasteiger partial charge in [0, 0.05) is 0 Å². The maximum absolute atomic E-state index is 12.2. The van der Waals surface area contributed by atoms with Crippen LogP contribution in [0.15, 0.2) is 35.3 Å². The lowest BCUT2D eigenvalue weighted by atomic mass is 10.1. The van der Waals surface area contributed by atoms with Gasteiger partial charge in [-0.2, -0.15) is 0 Å². The first-order valence-corrected chi connectivity index (χ1v) is 4.65. The Morgan fingerprint density at radius 1 is 1.20 bits per heavy atom. The number of rotatable bonds is 5. The molecule has 0 radical (unpaired) electrons. The zero-order valence-corrected chi connectivity index (χ0v) is 8.24. The van der Waals surface area contributed by atoms with Crippen LogP contribution >= 0.6 is 0 Å². The average Bonchev–Trinajstić information content (AvgIpc) is 2.32. The lowest BCUT2D eigenvalue weighted by Gasteiger charge is -2.10. The van der Waals surface area contributed by atoms with Gasteiger partial charge in [-0.25, -0.2) is 8.78 Å². The van der Waals surface area contributed by atoms with Gasteiger partial charge in [-0.15, -0.1) is 0 Å². The van der Waals surface area contributed by atoms with Gasteiger partial charge in [-0.05, 0) is 5.56 Å². The fourth-order valence-electron chi connectivity index (χ4n) is 1.22. The maximum Gasteiger partial charge on any atom is 0.130 e. The summed E-state index contributed by atoms with van der Waals surface area (Å²) in [5.41, 5.74) is 0.581. The Morgan fingerprint density at radius 3 is 2.27 bits per heavy atom. The molecule has 15 heavy (non-hydrogen) atoms. The molecule has 4 heteroatoms. The minimum absolute atomic E-state index is 0.169. The molecular formula is C11H13F2NO. The summed E-state index contributed by atoms with van der Waals surface area (Å²) < 4.78 is 24.4. The average molecular weight is 213 g/mol. The van der Waals surface area contributed by atoms with Crippen LogP contribution in [0.3, 0.4) is 0 Å². The van der Waals surface area contributed by atoms with Crippen molar-refractivity contribution >= 4 is 5.71 Å². The lowest BCUT2D eigenvalue weighted by Crippen LogP contribution is -2.09. The third kappa shape index (κ3) is 3.40. The van der Waals surface area contributed by atoms with Gasteiger partial charge < -0.3 is 5.11 Å². The second-order valence-corrected chi connectivity index (χ2v) is 3.07. The third-order valence-electron chi connectivity index (χ3n) is 2.00. The summed E-state index contributed by atoms with van der Waals surface area (Å²) >= 11 is 0. The van der Waals surface area contributed by atoms with E-state index >= 15 is 0 Å². The molecule has 0 unspecified atom stereocenters. The standard InChI is InChI=1S/C11H13F2NO/c12-6-10(7-13)14-11(8-15)9-4-2-1-3-5-9/h1-5,11,15H,6-8H2/t11-/m1/s1. The summed E-state index contributed by atoms with van der Waals surface area (Å²) in [6, 6.07) is 8.35. The van der Waals surface area contributed by atoms with Crippen LogP contribution in [-0.4, -0.2) is 30.8 Å². The fraction of sp³-hybridized carbons (Fsp3) is 0.364. The van der Waals surface area contributed by atoms with Gasteiger partial charge in [-0.3, -0.25) is 4.99 Å². The molecule has 0 amide bonds. The molecule has 1 N–H and O–H groups in total. The summed E-state index contributed by atoms with van der Waals surface area (Å²) in [7, 11) is 0. The fourth-order valence-corrected chi connectivity index (χ4v) is 1.22. The van der Waals surface area contributed by atoms with Gasteiger partial charge in [0.1, 0.15) is 13.3 Å². The van der Waals surface area contributed by atoms with Crippen LogP contribution < -0.4 is 0 Å². The van der Waals surface area contributed by atoms with Gasteiger partial charge in [0.05, 0.1) is 18.4 Å². The van der Waals surface area contributed by atoms with Crippen LogP contribution in [0.1, 0.15) is 11.6 Å². The lowest BCUT2D eigenvalue weighted by molar-refractivity contribution is 0.268. The Balaban J connectivity index is 2.85. The number of aliphatic hydroxyl groups excluding tert-OH is 1. The highest BCUT2D eigenvalue weighted by Gasteiger charge is 2.09. The smallest absolute Gasteiger partial charge is 0.130 e. The van der Waals surface area contributed by atoms with Crippen LogP contribution in [0.5, 0.6) is 0 Å². The van der Waals surface area contributed by atoms with E-state index in [1.165, 1.54) is 0 Å². The molecule has 0 spiro atoms. The molecule has 0 heterocycles. The van der Waals surface area contributed by atoms with E-state index in [0.29, 0.717) is 0 Å². The minimum Gasteiger partial charge on any atom is -0.394 e. The molecule has 0 saturated carbocycles. The van der Waals surface area contributed by atoms with Crippen LogP contribution in [0, 0.1) is 0 Å². The van der Waals surface area contributed by atoms with E-state index in [-0.39, 0.29) is 12.3 Å². The van der Waals surface area contributed by atoms with E-state index in [1.54, 1.807) is 24.3 Å². The van der Waals surface area contributed by atoms with E-state index < -0.39 is 19.4 Å². The normalized spacial score (nSPS) is 12.2. The van der Waals surface area contributed by atoms with Crippen LogP contribution in [0.4, 0.5) is 8.78 Å². The summed E-state index contributed by atoms with van der Waals surface area (Å²) in [4.78, 5) is 3.82. The Hall–Kier alpha value is -1.29. The molecule has 0 aliphatic carbocycles. The Kier molecular flexibility index (Phi) is 4.90. The van der Waals surface area contributed by atoms with Crippen molar-refractivity contribution in [3.05, 3.63) is 35.9 Å². The zero-order valence-electron chi connectivity index (χ0n) is 8.24. The van der Waals surface area contributed by atoms with Gasteiger partial charge in [0.15, 0.2) is 0 Å². The predicted octanol–water partition coefficient (Wildman–Crippen LogP) is 2.10. The Labute approximate surface area is 87.3 Å². The van der Waals surface area contributed by atoms with Gasteiger partial charge in [0.25, 0.3) is 0 Å². The summed E-state index contributed by atoms with van der Waals surface area (Å²) in [6.07, 6.45) is 0. The first-order chi connectivity index (χ1) is 7.31. The third-order valence-corrected chi connectivity index (χ3v) is 2.00. The number of halogens is 2. The van der Waals surface area contributed by atoms with Crippen LogP contribution in [0.25, 0.3) is 0 Å². The Morgan fingerprint density at radius 2 is 1.80 bits per heavy atom. The Bertz CT molecular complexity index is 308. The van der Waals surface area contributed by atoms with E-state index in [9.17, 15) is 8.78 Å². The van der Waals surface area contributed by atoms with Crippen molar-refractivity contribution in [2.75, 3.05) is 20.0 Å². The minimum atomic E-state index is -0.917. The number of aliphatic hydroxyl groups is 1. The van der Waals surface area contributed by atoms with E-state index in [0.717, 1.165) is 5.56 Å². The molecule has 0 fully saturated rings.